The number of nitrogens with zero attached hydrogens (tertiary/aromatic N) is 2. The number of methoxy groups -OCH3 is 2. The van der Waals surface area contributed by atoms with Crippen LogP contribution in [0.4, 0.5) is 5.82 Å². The molecule has 0 aliphatic carbocycles. The van der Waals surface area contributed by atoms with Crippen molar-refractivity contribution in [3.63, 3.8) is 0 Å². The Morgan fingerprint density at radius 3 is 2.76 bits per heavy atom. The molecule has 0 amide bonds. The fourth-order valence-electron chi connectivity index (χ4n) is 2.28. The number of hydrogen-bond donors (Lipinski definition) is 2. The van der Waals surface area contributed by atoms with Crippen molar-refractivity contribution < 1.29 is 9.47 Å². The summed E-state index contributed by atoms with van der Waals surface area (Å²) in [5, 5.41) is 0. The summed E-state index contributed by atoms with van der Waals surface area (Å²) in [5.41, 5.74) is 5.55. The quantitative estimate of drug-likeness (QED) is 0.662. The lowest BCUT2D eigenvalue weighted by Crippen LogP contribution is -2.13. The summed E-state index contributed by atoms with van der Waals surface area (Å²) in [6.07, 6.45) is 0. The first kappa shape index (κ1) is 14.0. The molecule has 1 aliphatic heterocycles. The molecule has 21 heavy (non-hydrogen) atoms. The topological polar surface area (TPSA) is 82.3 Å². The molecule has 0 saturated heterocycles. The SMILES string of the molecule is COc1ccc(OC)c(-c2nc3c(c(NN)n2)CSC3)c1. The normalized spacial score (nSPS) is 12.9. The Morgan fingerprint density at radius 2 is 2.05 bits per heavy atom. The van der Waals surface area contributed by atoms with E-state index in [-0.39, 0.29) is 0 Å². The molecule has 6 nitrogen and oxygen atoms in total. The molecule has 1 aromatic heterocycles. The third-order valence-corrected chi connectivity index (χ3v) is 4.33. The zero-order valence-corrected chi connectivity index (χ0v) is 12.7. The van der Waals surface area contributed by atoms with Crippen LogP contribution in [0.5, 0.6) is 11.5 Å². The van der Waals surface area contributed by atoms with Gasteiger partial charge in [0.1, 0.15) is 17.3 Å². The predicted molar refractivity (Wildman–Crippen MR) is 83.4 cm³/mol. The second kappa shape index (κ2) is 5.79. The van der Waals surface area contributed by atoms with Gasteiger partial charge in [-0.3, -0.25) is 0 Å². The fraction of sp³-hybridized carbons (Fsp3) is 0.286. The molecular formula is C14H16N4O2S. The van der Waals surface area contributed by atoms with Crippen LogP contribution in [-0.4, -0.2) is 24.2 Å². The molecule has 0 spiro atoms. The van der Waals surface area contributed by atoms with Crippen molar-refractivity contribution in [2.24, 2.45) is 5.84 Å². The van der Waals surface area contributed by atoms with Crippen molar-refractivity contribution in [1.82, 2.24) is 9.97 Å². The molecule has 0 bridgehead atoms. The number of thioether (sulfide) groups is 1. The van der Waals surface area contributed by atoms with Crippen molar-refractivity contribution in [2.45, 2.75) is 11.5 Å². The van der Waals surface area contributed by atoms with Gasteiger partial charge in [-0.1, -0.05) is 0 Å². The number of nitrogen functional groups attached to an aromatic ring is 1. The minimum atomic E-state index is 0.583. The molecule has 2 heterocycles. The first-order valence-corrected chi connectivity index (χ1v) is 7.59. The van der Waals surface area contributed by atoms with Gasteiger partial charge in [-0.25, -0.2) is 15.8 Å². The number of nitrogens with one attached hydrogen (secondary N) is 1. The summed E-state index contributed by atoms with van der Waals surface area (Å²) in [7, 11) is 3.25. The second-order valence-electron chi connectivity index (χ2n) is 4.52. The van der Waals surface area contributed by atoms with Crippen LogP contribution in [-0.2, 0) is 11.5 Å². The van der Waals surface area contributed by atoms with Crippen LogP contribution in [0.2, 0.25) is 0 Å². The highest BCUT2D eigenvalue weighted by Crippen LogP contribution is 2.37. The zero-order valence-electron chi connectivity index (χ0n) is 11.8. The minimum Gasteiger partial charge on any atom is -0.497 e. The molecule has 0 atom stereocenters. The Kier molecular flexibility index (Phi) is 3.85. The van der Waals surface area contributed by atoms with Crippen LogP contribution in [0.25, 0.3) is 11.4 Å². The second-order valence-corrected chi connectivity index (χ2v) is 5.51. The Balaban J connectivity index is 2.16. The Hall–Kier alpha value is -1.99. The van der Waals surface area contributed by atoms with Crippen LogP contribution >= 0.6 is 11.8 Å². The van der Waals surface area contributed by atoms with E-state index in [4.69, 9.17) is 15.3 Å². The molecule has 3 rings (SSSR count). The Bertz CT molecular complexity index is 678. The number of benzene rings is 1. The minimum absolute atomic E-state index is 0.583. The van der Waals surface area contributed by atoms with E-state index in [0.29, 0.717) is 17.4 Å². The maximum absolute atomic E-state index is 5.59. The highest BCUT2D eigenvalue weighted by Gasteiger charge is 2.21. The van der Waals surface area contributed by atoms with E-state index >= 15 is 0 Å². The number of hydrazine groups is 1. The lowest BCUT2D eigenvalue weighted by atomic mass is 10.1. The molecule has 0 radical (unpaired) electrons. The maximum Gasteiger partial charge on any atom is 0.165 e. The molecule has 110 valence electrons. The largest absolute Gasteiger partial charge is 0.497 e. The molecule has 0 unspecified atom stereocenters. The van der Waals surface area contributed by atoms with Gasteiger partial charge in [-0.15, -0.1) is 0 Å². The number of anilines is 1. The average molecular weight is 304 g/mol. The van der Waals surface area contributed by atoms with Crippen LogP contribution in [0.15, 0.2) is 18.2 Å². The molecular weight excluding hydrogens is 288 g/mol. The molecule has 0 fully saturated rings. The van der Waals surface area contributed by atoms with Crippen LogP contribution in [0, 0.1) is 0 Å². The smallest absolute Gasteiger partial charge is 0.165 e. The van der Waals surface area contributed by atoms with E-state index < -0.39 is 0 Å². The van der Waals surface area contributed by atoms with Crippen molar-refractivity contribution in [3.8, 4) is 22.9 Å². The fourth-order valence-corrected chi connectivity index (χ4v) is 3.32. The lowest BCUT2D eigenvalue weighted by molar-refractivity contribution is 0.404. The summed E-state index contributed by atoms with van der Waals surface area (Å²) >= 11 is 1.80. The maximum atomic E-state index is 5.59. The van der Waals surface area contributed by atoms with E-state index in [9.17, 15) is 0 Å². The Labute approximate surface area is 127 Å². The van der Waals surface area contributed by atoms with E-state index in [0.717, 1.165) is 34.1 Å². The number of hydrogen-bond acceptors (Lipinski definition) is 7. The van der Waals surface area contributed by atoms with E-state index in [1.165, 1.54) is 0 Å². The van der Waals surface area contributed by atoms with Gasteiger partial charge in [0.05, 0.1) is 25.5 Å². The number of fused-ring (bicyclic) bond motifs is 1. The van der Waals surface area contributed by atoms with Gasteiger partial charge in [0, 0.05) is 17.1 Å². The number of aromatic nitrogens is 2. The van der Waals surface area contributed by atoms with Gasteiger partial charge in [0.2, 0.25) is 0 Å². The van der Waals surface area contributed by atoms with Gasteiger partial charge < -0.3 is 14.9 Å². The molecule has 3 N–H and O–H groups in total. The summed E-state index contributed by atoms with van der Waals surface area (Å²) in [6.45, 7) is 0. The van der Waals surface area contributed by atoms with E-state index in [2.05, 4.69) is 15.4 Å². The monoisotopic (exact) mass is 304 g/mol. The van der Waals surface area contributed by atoms with Gasteiger partial charge >= 0.3 is 0 Å². The average Bonchev–Trinajstić information content (AvgIpc) is 3.01. The first-order chi connectivity index (χ1) is 10.3. The van der Waals surface area contributed by atoms with Gasteiger partial charge in [0.25, 0.3) is 0 Å². The van der Waals surface area contributed by atoms with Gasteiger partial charge in [-0.2, -0.15) is 11.8 Å². The number of nitrogens with two attached hydrogens (primary N) is 1. The first-order valence-electron chi connectivity index (χ1n) is 6.43. The summed E-state index contributed by atoms with van der Waals surface area (Å²) in [6, 6.07) is 5.55. The molecule has 0 saturated carbocycles. The summed E-state index contributed by atoms with van der Waals surface area (Å²) < 4.78 is 10.7. The Morgan fingerprint density at radius 1 is 1.19 bits per heavy atom. The summed E-state index contributed by atoms with van der Waals surface area (Å²) in [4.78, 5) is 9.17. The molecule has 1 aliphatic rings. The highest BCUT2D eigenvalue weighted by atomic mass is 32.2. The summed E-state index contributed by atoms with van der Waals surface area (Å²) in [5.74, 6) is 10.0. The molecule has 2 aromatic rings. The molecule has 1 aromatic carbocycles. The zero-order chi connectivity index (χ0) is 14.8. The predicted octanol–water partition coefficient (Wildman–Crippen LogP) is 2.19. The van der Waals surface area contributed by atoms with Crippen LogP contribution in [0.3, 0.4) is 0 Å². The lowest BCUT2D eigenvalue weighted by Gasteiger charge is -2.12. The van der Waals surface area contributed by atoms with Crippen LogP contribution in [0.1, 0.15) is 11.3 Å². The van der Waals surface area contributed by atoms with Gasteiger partial charge in [0.15, 0.2) is 5.82 Å². The standard InChI is InChI=1S/C14H16N4O2S/c1-19-8-3-4-12(20-2)9(5-8)13-16-11-7-21-6-10(11)14(17-13)18-15/h3-5H,6-7,15H2,1-2H3,(H,16,17,18). The van der Waals surface area contributed by atoms with Crippen molar-refractivity contribution in [2.75, 3.05) is 19.6 Å². The van der Waals surface area contributed by atoms with Crippen molar-refractivity contribution in [1.29, 1.82) is 0 Å². The number of ether oxygens (including phenoxy) is 2. The number of rotatable bonds is 4. The van der Waals surface area contributed by atoms with Crippen molar-refractivity contribution in [3.05, 3.63) is 29.5 Å². The van der Waals surface area contributed by atoms with E-state index in [1.54, 1.807) is 26.0 Å². The van der Waals surface area contributed by atoms with E-state index in [1.807, 2.05) is 18.2 Å². The third-order valence-electron chi connectivity index (χ3n) is 3.36. The highest BCUT2D eigenvalue weighted by molar-refractivity contribution is 7.98. The van der Waals surface area contributed by atoms with Crippen LogP contribution < -0.4 is 20.7 Å². The third kappa shape index (κ3) is 2.50. The molecule has 7 heteroatoms. The van der Waals surface area contributed by atoms with Gasteiger partial charge in [-0.05, 0) is 18.2 Å². The van der Waals surface area contributed by atoms with Crippen molar-refractivity contribution >= 4 is 17.6 Å².